The molecule has 1 aromatic heterocycles. The van der Waals surface area contributed by atoms with Crippen molar-refractivity contribution in [2.75, 3.05) is 19.1 Å². The van der Waals surface area contributed by atoms with Crippen molar-refractivity contribution in [3.8, 4) is 5.69 Å². The van der Waals surface area contributed by atoms with Crippen molar-refractivity contribution < 1.29 is 8.42 Å². The summed E-state index contributed by atoms with van der Waals surface area (Å²) in [5, 5.41) is 4.23. The van der Waals surface area contributed by atoms with E-state index in [0.29, 0.717) is 6.54 Å². The average molecular weight is 308 g/mol. The first-order chi connectivity index (χ1) is 9.87. The molecular formula is C14H20N4O2S. The summed E-state index contributed by atoms with van der Waals surface area (Å²) in [4.78, 5) is 6.23. The van der Waals surface area contributed by atoms with Crippen LogP contribution in [0.5, 0.6) is 0 Å². The molecule has 6 nitrogen and oxygen atoms in total. The minimum Gasteiger partial charge on any atom is -0.295 e. The van der Waals surface area contributed by atoms with Gasteiger partial charge in [-0.25, -0.2) is 18.1 Å². The lowest BCUT2D eigenvalue weighted by atomic mass is 10.3. The molecule has 2 rings (SSSR count). The van der Waals surface area contributed by atoms with Crippen LogP contribution in [-0.4, -0.2) is 53.2 Å². The van der Waals surface area contributed by atoms with Crippen molar-refractivity contribution in [1.29, 1.82) is 0 Å². The zero-order chi connectivity index (χ0) is 15.5. The minimum absolute atomic E-state index is 0.0825. The highest BCUT2D eigenvalue weighted by atomic mass is 32.2. The summed E-state index contributed by atoms with van der Waals surface area (Å²) in [6.45, 7) is 2.43. The van der Waals surface area contributed by atoms with Crippen LogP contribution < -0.4 is 0 Å². The normalized spacial score (nSPS) is 13.5. The maximum Gasteiger partial charge on any atom is 0.148 e. The van der Waals surface area contributed by atoms with E-state index in [1.54, 1.807) is 4.68 Å². The van der Waals surface area contributed by atoms with E-state index in [1.165, 1.54) is 12.6 Å². The largest absolute Gasteiger partial charge is 0.295 e. The number of hydrogen-bond donors (Lipinski definition) is 0. The van der Waals surface area contributed by atoms with E-state index >= 15 is 0 Å². The Balaban J connectivity index is 2.12. The van der Waals surface area contributed by atoms with E-state index < -0.39 is 9.84 Å². The van der Waals surface area contributed by atoms with Crippen LogP contribution >= 0.6 is 0 Å². The van der Waals surface area contributed by atoms with Crippen LogP contribution in [0.2, 0.25) is 0 Å². The van der Waals surface area contributed by atoms with Crippen LogP contribution in [-0.2, 0) is 16.4 Å². The molecule has 0 unspecified atom stereocenters. The molecule has 0 aliphatic rings. The molecule has 0 radical (unpaired) electrons. The number of hydrogen-bond acceptors (Lipinski definition) is 5. The first kappa shape index (κ1) is 15.7. The fourth-order valence-electron chi connectivity index (χ4n) is 2.10. The molecule has 0 aliphatic heterocycles. The smallest absolute Gasteiger partial charge is 0.148 e. The lowest BCUT2D eigenvalue weighted by Gasteiger charge is -2.23. The predicted molar refractivity (Wildman–Crippen MR) is 82.0 cm³/mol. The molecule has 0 saturated heterocycles. The predicted octanol–water partition coefficient (Wildman–Crippen LogP) is 1.13. The maximum atomic E-state index is 11.4. The second-order valence-electron chi connectivity index (χ2n) is 5.28. The molecule has 0 amide bonds. The average Bonchev–Trinajstić information content (AvgIpc) is 2.86. The highest BCUT2D eigenvalue weighted by Crippen LogP contribution is 2.11. The first-order valence-corrected chi connectivity index (χ1v) is 8.75. The van der Waals surface area contributed by atoms with Gasteiger partial charge in [0, 0.05) is 12.3 Å². The minimum atomic E-state index is -2.99. The van der Waals surface area contributed by atoms with Gasteiger partial charge in [0.1, 0.15) is 22.0 Å². The van der Waals surface area contributed by atoms with Gasteiger partial charge in [-0.3, -0.25) is 4.90 Å². The lowest BCUT2D eigenvalue weighted by Crippen LogP contribution is -2.35. The Morgan fingerprint density at radius 2 is 1.95 bits per heavy atom. The highest BCUT2D eigenvalue weighted by Gasteiger charge is 2.17. The molecule has 2 aromatic rings. The van der Waals surface area contributed by atoms with Crippen molar-refractivity contribution in [3.63, 3.8) is 0 Å². The van der Waals surface area contributed by atoms with Gasteiger partial charge in [0.15, 0.2) is 0 Å². The molecule has 1 atom stereocenters. The molecule has 0 bridgehead atoms. The lowest BCUT2D eigenvalue weighted by molar-refractivity contribution is 0.259. The van der Waals surface area contributed by atoms with Gasteiger partial charge in [-0.1, -0.05) is 18.2 Å². The molecule has 21 heavy (non-hydrogen) atoms. The van der Waals surface area contributed by atoms with Crippen molar-refractivity contribution in [1.82, 2.24) is 19.7 Å². The Bertz CT molecular complexity index is 682. The van der Waals surface area contributed by atoms with Gasteiger partial charge in [0.25, 0.3) is 0 Å². The van der Waals surface area contributed by atoms with Crippen LogP contribution in [0.25, 0.3) is 5.69 Å². The van der Waals surface area contributed by atoms with E-state index in [0.717, 1.165) is 11.5 Å². The van der Waals surface area contributed by atoms with E-state index in [1.807, 2.05) is 49.2 Å². The van der Waals surface area contributed by atoms with Gasteiger partial charge >= 0.3 is 0 Å². The second kappa shape index (κ2) is 6.36. The van der Waals surface area contributed by atoms with Gasteiger partial charge < -0.3 is 0 Å². The van der Waals surface area contributed by atoms with Crippen LogP contribution in [0, 0.1) is 0 Å². The topological polar surface area (TPSA) is 68.1 Å². The fourth-order valence-corrected chi connectivity index (χ4v) is 3.23. The molecule has 1 aromatic carbocycles. The Morgan fingerprint density at radius 3 is 2.57 bits per heavy atom. The van der Waals surface area contributed by atoms with Crippen molar-refractivity contribution in [3.05, 3.63) is 42.5 Å². The Morgan fingerprint density at radius 1 is 1.29 bits per heavy atom. The number of rotatable bonds is 6. The number of nitrogens with zero attached hydrogens (tertiary/aromatic N) is 4. The van der Waals surface area contributed by atoms with E-state index in [9.17, 15) is 8.42 Å². The quantitative estimate of drug-likeness (QED) is 0.800. The van der Waals surface area contributed by atoms with Gasteiger partial charge in [-0.05, 0) is 26.1 Å². The zero-order valence-corrected chi connectivity index (χ0v) is 13.3. The summed E-state index contributed by atoms with van der Waals surface area (Å²) in [6, 6.07) is 9.66. The van der Waals surface area contributed by atoms with Crippen molar-refractivity contribution in [2.24, 2.45) is 0 Å². The zero-order valence-electron chi connectivity index (χ0n) is 12.5. The van der Waals surface area contributed by atoms with Crippen molar-refractivity contribution in [2.45, 2.75) is 19.5 Å². The molecule has 0 N–H and O–H groups in total. The molecule has 0 fully saturated rings. The van der Waals surface area contributed by atoms with Crippen LogP contribution in [0.15, 0.2) is 36.7 Å². The molecule has 114 valence electrons. The van der Waals surface area contributed by atoms with E-state index in [4.69, 9.17) is 0 Å². The summed E-state index contributed by atoms with van der Waals surface area (Å²) < 4.78 is 24.5. The summed E-state index contributed by atoms with van der Waals surface area (Å²) in [6.07, 6.45) is 2.77. The van der Waals surface area contributed by atoms with Gasteiger partial charge in [0.2, 0.25) is 0 Å². The standard InChI is InChI=1S/C14H20N4O2S/c1-12(10-21(3,19)20)17(2)9-14-15-11-16-18(14)13-7-5-4-6-8-13/h4-8,11-12H,9-10H2,1-3H3/t12-/m0/s1. The Kier molecular flexibility index (Phi) is 4.74. The van der Waals surface area contributed by atoms with Gasteiger partial charge in [-0.15, -0.1) is 0 Å². The summed E-state index contributed by atoms with van der Waals surface area (Å²) in [7, 11) is -1.11. The van der Waals surface area contributed by atoms with E-state index in [-0.39, 0.29) is 11.8 Å². The molecule has 7 heteroatoms. The number of aromatic nitrogens is 3. The SMILES string of the molecule is C[C@@H](CS(C)(=O)=O)N(C)Cc1ncnn1-c1ccccc1. The monoisotopic (exact) mass is 308 g/mol. The van der Waals surface area contributed by atoms with Crippen molar-refractivity contribution >= 4 is 9.84 Å². The van der Waals surface area contributed by atoms with Gasteiger partial charge in [-0.2, -0.15) is 5.10 Å². The molecule has 0 spiro atoms. The van der Waals surface area contributed by atoms with Crippen LogP contribution in [0.4, 0.5) is 0 Å². The summed E-state index contributed by atoms with van der Waals surface area (Å²) >= 11 is 0. The molecule has 0 aliphatic carbocycles. The third kappa shape index (κ3) is 4.37. The molecular weight excluding hydrogens is 288 g/mol. The van der Waals surface area contributed by atoms with Gasteiger partial charge in [0.05, 0.1) is 18.0 Å². The highest BCUT2D eigenvalue weighted by molar-refractivity contribution is 7.90. The number of benzene rings is 1. The fraction of sp³-hybridized carbons (Fsp3) is 0.429. The maximum absolute atomic E-state index is 11.4. The van der Waals surface area contributed by atoms with Crippen LogP contribution in [0.1, 0.15) is 12.7 Å². The Labute approximate surface area is 125 Å². The number of para-hydroxylation sites is 1. The van der Waals surface area contributed by atoms with Crippen LogP contribution in [0.3, 0.4) is 0 Å². The first-order valence-electron chi connectivity index (χ1n) is 6.69. The summed E-state index contributed by atoms with van der Waals surface area (Å²) in [5.41, 5.74) is 0.939. The Hall–Kier alpha value is -1.73. The summed E-state index contributed by atoms with van der Waals surface area (Å²) in [5.74, 6) is 0.909. The second-order valence-corrected chi connectivity index (χ2v) is 7.47. The van der Waals surface area contributed by atoms with E-state index in [2.05, 4.69) is 10.1 Å². The number of sulfone groups is 1. The third-order valence-electron chi connectivity index (χ3n) is 3.31. The third-order valence-corrected chi connectivity index (χ3v) is 4.39. The molecule has 1 heterocycles. The molecule has 0 saturated carbocycles.